The van der Waals surface area contributed by atoms with E-state index in [1.165, 1.54) is 19.9 Å². The van der Waals surface area contributed by atoms with Crippen molar-refractivity contribution in [3.05, 3.63) is 35.8 Å². The molecule has 0 aromatic heterocycles. The van der Waals surface area contributed by atoms with Crippen LogP contribution in [0.5, 0.6) is 5.75 Å². The Morgan fingerprint density at radius 1 is 1.25 bits per heavy atom. The lowest BCUT2D eigenvalue weighted by atomic mass is 10.2. The van der Waals surface area contributed by atoms with Crippen molar-refractivity contribution >= 4 is 17.6 Å². The first kappa shape index (κ1) is 13.9. The first-order valence-corrected chi connectivity index (χ1v) is 5.70. The first-order valence-electron chi connectivity index (χ1n) is 5.70. The highest BCUT2D eigenvalue weighted by atomic mass is 19.1. The Morgan fingerprint density at radius 3 is 2.45 bits per heavy atom. The highest BCUT2D eigenvalue weighted by Gasteiger charge is 2.38. The second-order valence-corrected chi connectivity index (χ2v) is 4.55. The molecule has 2 N–H and O–H groups in total. The Kier molecular flexibility index (Phi) is 3.35. The van der Waals surface area contributed by atoms with Gasteiger partial charge in [-0.15, -0.1) is 0 Å². The van der Waals surface area contributed by atoms with Gasteiger partial charge in [-0.1, -0.05) is 0 Å². The molecule has 7 heteroatoms. The van der Waals surface area contributed by atoms with Crippen LogP contribution in [0.4, 0.5) is 10.1 Å². The number of ether oxygens (including phenoxy) is 2. The predicted molar refractivity (Wildman–Crippen MR) is 66.0 cm³/mol. The Balaban J connectivity index is 2.21. The van der Waals surface area contributed by atoms with Crippen molar-refractivity contribution in [3.8, 4) is 5.75 Å². The van der Waals surface area contributed by atoms with Crippen LogP contribution in [0.25, 0.3) is 0 Å². The second kappa shape index (κ2) is 4.84. The van der Waals surface area contributed by atoms with Crippen LogP contribution >= 0.6 is 0 Å². The molecule has 1 heterocycles. The summed E-state index contributed by atoms with van der Waals surface area (Å²) in [7, 11) is 0. The molecule has 1 aromatic carbocycles. The van der Waals surface area contributed by atoms with Crippen molar-refractivity contribution in [2.75, 3.05) is 5.32 Å². The van der Waals surface area contributed by atoms with Crippen molar-refractivity contribution < 1.29 is 28.6 Å². The fourth-order valence-electron chi connectivity index (χ4n) is 1.55. The zero-order chi connectivity index (χ0) is 14.9. The minimum atomic E-state index is -1.33. The van der Waals surface area contributed by atoms with Crippen molar-refractivity contribution in [1.29, 1.82) is 0 Å². The number of phenols is 1. The van der Waals surface area contributed by atoms with Gasteiger partial charge in [0.2, 0.25) is 0 Å². The fraction of sp³-hybridized carbons (Fsp3) is 0.231. The van der Waals surface area contributed by atoms with Crippen LogP contribution in [-0.4, -0.2) is 22.8 Å². The molecular weight excluding hydrogens is 269 g/mol. The first-order chi connectivity index (χ1) is 9.28. The number of halogens is 1. The summed E-state index contributed by atoms with van der Waals surface area (Å²) in [6.45, 7) is 2.84. The van der Waals surface area contributed by atoms with E-state index < -0.39 is 29.1 Å². The number of anilines is 1. The van der Waals surface area contributed by atoms with Crippen LogP contribution in [0.3, 0.4) is 0 Å². The molecule has 1 aromatic rings. The molecule has 6 nitrogen and oxygen atoms in total. The quantitative estimate of drug-likeness (QED) is 0.487. The van der Waals surface area contributed by atoms with Gasteiger partial charge in [0.05, 0.1) is 5.69 Å². The lowest BCUT2D eigenvalue weighted by molar-refractivity contribution is -0.222. The summed E-state index contributed by atoms with van der Waals surface area (Å²) in [5.41, 5.74) is -0.491. The zero-order valence-electron chi connectivity index (χ0n) is 10.8. The summed E-state index contributed by atoms with van der Waals surface area (Å²) >= 11 is 0. The van der Waals surface area contributed by atoms with Gasteiger partial charge in [0.15, 0.2) is 5.57 Å². The van der Waals surface area contributed by atoms with Crippen LogP contribution in [0.1, 0.15) is 13.8 Å². The van der Waals surface area contributed by atoms with E-state index in [0.717, 1.165) is 18.3 Å². The van der Waals surface area contributed by atoms with Gasteiger partial charge in [0.1, 0.15) is 11.6 Å². The highest BCUT2D eigenvalue weighted by molar-refractivity contribution is 6.15. The number of cyclic esters (lactones) is 2. The Bertz CT molecular complexity index is 587. The average Bonchev–Trinajstić information content (AvgIpc) is 2.30. The maximum atomic E-state index is 13.4. The number of esters is 2. The second-order valence-electron chi connectivity index (χ2n) is 4.55. The van der Waals surface area contributed by atoms with E-state index >= 15 is 0 Å². The molecule has 106 valence electrons. The van der Waals surface area contributed by atoms with Crippen molar-refractivity contribution in [1.82, 2.24) is 0 Å². The molecular formula is C13H12FNO5. The zero-order valence-corrected chi connectivity index (χ0v) is 10.8. The van der Waals surface area contributed by atoms with E-state index in [9.17, 15) is 19.1 Å². The molecule has 1 aliphatic rings. The summed E-state index contributed by atoms with van der Waals surface area (Å²) in [5.74, 6) is -3.90. The normalized spacial score (nSPS) is 17.2. The Hall–Kier alpha value is -2.57. The number of aromatic hydroxyl groups is 1. The van der Waals surface area contributed by atoms with Crippen LogP contribution in [0, 0.1) is 5.82 Å². The molecule has 1 fully saturated rings. The number of carbonyl (C=O) groups excluding carboxylic acids is 2. The van der Waals surface area contributed by atoms with Gasteiger partial charge < -0.3 is 19.9 Å². The van der Waals surface area contributed by atoms with E-state index in [0.29, 0.717) is 0 Å². The van der Waals surface area contributed by atoms with Gasteiger partial charge in [0.25, 0.3) is 5.79 Å². The monoisotopic (exact) mass is 281 g/mol. The molecule has 0 bridgehead atoms. The number of phenolic OH excluding ortho intramolecular Hbond substituents is 1. The van der Waals surface area contributed by atoms with Crippen LogP contribution in [-0.2, 0) is 19.1 Å². The topological polar surface area (TPSA) is 84.9 Å². The standard InChI is InChI=1S/C13H12FNO5/c1-13(2)19-11(17)8(12(18)20-13)6-15-10-5-7(16)3-4-9(10)14/h3-6,15-16H,1-2H3. The van der Waals surface area contributed by atoms with Gasteiger partial charge in [-0.05, 0) is 12.1 Å². The highest BCUT2D eigenvalue weighted by Crippen LogP contribution is 2.24. The van der Waals surface area contributed by atoms with E-state index in [1.54, 1.807) is 0 Å². The largest absolute Gasteiger partial charge is 0.508 e. The van der Waals surface area contributed by atoms with Crippen LogP contribution < -0.4 is 5.32 Å². The number of nitrogens with one attached hydrogen (secondary N) is 1. The molecule has 0 aliphatic carbocycles. The van der Waals surface area contributed by atoms with Gasteiger partial charge in [0, 0.05) is 26.1 Å². The van der Waals surface area contributed by atoms with Crippen molar-refractivity contribution in [3.63, 3.8) is 0 Å². The smallest absolute Gasteiger partial charge is 0.350 e. The van der Waals surface area contributed by atoms with Crippen molar-refractivity contribution in [2.45, 2.75) is 19.6 Å². The maximum Gasteiger partial charge on any atom is 0.350 e. The molecule has 20 heavy (non-hydrogen) atoms. The third kappa shape index (κ3) is 2.87. The summed E-state index contributed by atoms with van der Waals surface area (Å²) in [4.78, 5) is 23.2. The number of carbonyl (C=O) groups is 2. The van der Waals surface area contributed by atoms with E-state index in [4.69, 9.17) is 9.47 Å². The third-order valence-corrected chi connectivity index (χ3v) is 2.44. The molecule has 0 amide bonds. The Morgan fingerprint density at radius 2 is 1.85 bits per heavy atom. The maximum absolute atomic E-state index is 13.4. The molecule has 1 aliphatic heterocycles. The molecule has 0 radical (unpaired) electrons. The lowest BCUT2D eigenvalue weighted by Gasteiger charge is -2.29. The average molecular weight is 281 g/mol. The van der Waals surface area contributed by atoms with Gasteiger partial charge in [-0.25, -0.2) is 14.0 Å². The van der Waals surface area contributed by atoms with Crippen molar-refractivity contribution in [2.24, 2.45) is 0 Å². The molecule has 0 atom stereocenters. The van der Waals surface area contributed by atoms with Gasteiger partial charge in [-0.2, -0.15) is 0 Å². The molecule has 0 spiro atoms. The predicted octanol–water partition coefficient (Wildman–Crippen LogP) is 1.66. The summed E-state index contributed by atoms with van der Waals surface area (Å²) in [5, 5.41) is 11.6. The minimum Gasteiger partial charge on any atom is -0.508 e. The van der Waals surface area contributed by atoms with Gasteiger partial charge in [-0.3, -0.25) is 0 Å². The fourth-order valence-corrected chi connectivity index (χ4v) is 1.55. The number of hydrogen-bond donors (Lipinski definition) is 2. The molecule has 1 saturated heterocycles. The number of benzene rings is 1. The number of rotatable bonds is 2. The van der Waals surface area contributed by atoms with Crippen LogP contribution in [0.2, 0.25) is 0 Å². The molecule has 0 saturated carbocycles. The molecule has 2 rings (SSSR count). The summed E-state index contributed by atoms with van der Waals surface area (Å²) < 4.78 is 23.1. The number of hydrogen-bond acceptors (Lipinski definition) is 6. The third-order valence-electron chi connectivity index (χ3n) is 2.44. The van der Waals surface area contributed by atoms with E-state index in [1.807, 2.05) is 0 Å². The van der Waals surface area contributed by atoms with Crippen LogP contribution in [0.15, 0.2) is 30.0 Å². The molecule has 0 unspecified atom stereocenters. The summed E-state index contributed by atoms with van der Waals surface area (Å²) in [6.07, 6.45) is 0.970. The summed E-state index contributed by atoms with van der Waals surface area (Å²) in [6, 6.07) is 3.31. The lowest BCUT2D eigenvalue weighted by Crippen LogP contribution is -2.42. The minimum absolute atomic E-state index is 0.0945. The van der Waals surface area contributed by atoms with E-state index in [-0.39, 0.29) is 11.4 Å². The van der Waals surface area contributed by atoms with Gasteiger partial charge >= 0.3 is 11.9 Å². The Labute approximate surface area is 113 Å². The SMILES string of the molecule is CC1(C)OC(=O)C(=CNc2cc(O)ccc2F)C(=O)O1. The van der Waals surface area contributed by atoms with E-state index in [2.05, 4.69) is 5.32 Å².